The smallest absolute Gasteiger partial charge is 0.221 e. The summed E-state index contributed by atoms with van der Waals surface area (Å²) >= 11 is 5.13. The number of hydrogen-bond acceptors (Lipinski definition) is 5. The van der Waals surface area contributed by atoms with Crippen molar-refractivity contribution in [3.63, 3.8) is 0 Å². The first-order valence-corrected chi connectivity index (χ1v) is 6.99. The first-order valence-electron chi connectivity index (χ1n) is 6.58. The van der Waals surface area contributed by atoms with E-state index >= 15 is 0 Å². The molecule has 0 saturated heterocycles. The molecule has 0 aliphatic heterocycles. The summed E-state index contributed by atoms with van der Waals surface area (Å²) in [6, 6.07) is 15.1. The molecule has 2 aromatic carbocycles. The molecular formula is C15H14N4O2S. The highest BCUT2D eigenvalue weighted by molar-refractivity contribution is 7.58. The Kier molecular flexibility index (Phi) is 3.88. The predicted octanol–water partition coefficient (Wildman–Crippen LogP) is 1.47. The minimum absolute atomic E-state index is 0.233. The lowest BCUT2D eigenvalue weighted by molar-refractivity contribution is -0.736. The van der Waals surface area contributed by atoms with Gasteiger partial charge in [0.1, 0.15) is 0 Å². The van der Waals surface area contributed by atoms with Crippen molar-refractivity contribution in [3.8, 4) is 22.9 Å². The van der Waals surface area contributed by atoms with Crippen molar-refractivity contribution in [1.82, 2.24) is 15.0 Å². The maximum atomic E-state index is 5.39. The maximum Gasteiger partial charge on any atom is 0.221 e. The van der Waals surface area contributed by atoms with Crippen molar-refractivity contribution >= 4 is 12.6 Å². The highest BCUT2D eigenvalue weighted by atomic mass is 32.1. The molecule has 0 atom stereocenters. The third-order valence-corrected chi connectivity index (χ3v) is 3.30. The van der Waals surface area contributed by atoms with Gasteiger partial charge in [-0.05, 0) is 34.2 Å². The van der Waals surface area contributed by atoms with Gasteiger partial charge in [0.2, 0.25) is 5.69 Å². The number of rotatable bonds is 4. The van der Waals surface area contributed by atoms with E-state index in [1.807, 2.05) is 48.5 Å². The normalized spacial score (nSPS) is 10.5. The fraction of sp³-hybridized carbons (Fsp3) is 0.133. The summed E-state index contributed by atoms with van der Waals surface area (Å²) in [6.07, 6.45) is 0. The van der Waals surface area contributed by atoms with Gasteiger partial charge in [-0.1, -0.05) is 24.3 Å². The van der Waals surface area contributed by atoms with Gasteiger partial charge < -0.3 is 22.1 Å². The zero-order valence-corrected chi connectivity index (χ0v) is 12.9. The van der Waals surface area contributed by atoms with E-state index in [1.165, 1.54) is 0 Å². The van der Waals surface area contributed by atoms with E-state index in [1.54, 1.807) is 23.8 Å². The van der Waals surface area contributed by atoms with Crippen molar-refractivity contribution in [2.75, 3.05) is 14.2 Å². The van der Waals surface area contributed by atoms with Crippen LogP contribution in [0.4, 0.5) is 0 Å². The van der Waals surface area contributed by atoms with E-state index in [9.17, 15) is 0 Å². The van der Waals surface area contributed by atoms with Crippen LogP contribution in [0.5, 0.6) is 11.5 Å². The molecule has 7 heteroatoms. The molecule has 1 heterocycles. The van der Waals surface area contributed by atoms with E-state index in [2.05, 4.69) is 10.2 Å². The minimum atomic E-state index is 0.233. The van der Waals surface area contributed by atoms with Gasteiger partial charge in [-0.25, -0.2) is 0 Å². The summed E-state index contributed by atoms with van der Waals surface area (Å²) in [7, 11) is 3.22. The van der Waals surface area contributed by atoms with Gasteiger partial charge in [0.05, 0.1) is 14.2 Å². The quantitative estimate of drug-likeness (QED) is 0.539. The van der Waals surface area contributed by atoms with Gasteiger partial charge in [-0.2, -0.15) is 0 Å². The van der Waals surface area contributed by atoms with Crippen LogP contribution in [0.2, 0.25) is 0 Å². The lowest BCUT2D eigenvalue weighted by Gasteiger charge is -2.07. The van der Waals surface area contributed by atoms with Crippen LogP contribution in [-0.2, 0) is 12.6 Å². The van der Waals surface area contributed by atoms with E-state index in [4.69, 9.17) is 22.1 Å². The average molecular weight is 314 g/mol. The van der Waals surface area contributed by atoms with Gasteiger partial charge in [-0.3, -0.25) is 0 Å². The van der Waals surface area contributed by atoms with Crippen LogP contribution in [0, 0.1) is 0 Å². The first kappa shape index (κ1) is 14.3. The van der Waals surface area contributed by atoms with Gasteiger partial charge in [0, 0.05) is 9.90 Å². The summed E-state index contributed by atoms with van der Waals surface area (Å²) in [5, 5.41) is 8.81. The second-order valence-electron chi connectivity index (χ2n) is 4.41. The Morgan fingerprint density at radius 3 is 2.32 bits per heavy atom. The van der Waals surface area contributed by atoms with Crippen LogP contribution >= 0.6 is 0 Å². The number of nitrogens with zero attached hydrogens (tertiary/aromatic N) is 4. The molecule has 1 aromatic heterocycles. The molecule has 0 bridgehead atoms. The molecular weight excluding hydrogens is 300 g/mol. The van der Waals surface area contributed by atoms with Crippen LogP contribution in [0.3, 0.4) is 0 Å². The SMILES string of the molecule is COc1ccccc1-n1nc([S-])n[n+]1-c1ccccc1OC. The summed E-state index contributed by atoms with van der Waals surface area (Å²) in [5.74, 6) is 1.34. The third-order valence-electron chi connectivity index (χ3n) is 3.14. The van der Waals surface area contributed by atoms with Gasteiger partial charge in [-0.15, -0.1) is 0 Å². The number of aromatic nitrogens is 4. The number of hydrogen-bond donors (Lipinski definition) is 0. The van der Waals surface area contributed by atoms with Gasteiger partial charge in [0.15, 0.2) is 22.3 Å². The molecule has 0 unspecified atom stereocenters. The Labute approximate surface area is 133 Å². The van der Waals surface area contributed by atoms with Crippen LogP contribution in [-0.4, -0.2) is 29.2 Å². The molecule has 0 amide bonds. The highest BCUT2D eigenvalue weighted by Gasteiger charge is 2.22. The summed E-state index contributed by atoms with van der Waals surface area (Å²) in [5.41, 5.74) is 1.47. The zero-order chi connectivity index (χ0) is 15.5. The Bertz CT molecular complexity index is 739. The van der Waals surface area contributed by atoms with Crippen molar-refractivity contribution in [3.05, 3.63) is 48.5 Å². The van der Waals surface area contributed by atoms with Crippen molar-refractivity contribution in [2.45, 2.75) is 5.16 Å². The highest BCUT2D eigenvalue weighted by Crippen LogP contribution is 2.22. The largest absolute Gasteiger partial charge is 0.706 e. The molecule has 0 N–H and O–H groups in total. The van der Waals surface area contributed by atoms with Crippen LogP contribution < -0.4 is 14.3 Å². The molecule has 3 aromatic rings. The lowest BCUT2D eigenvalue weighted by Crippen LogP contribution is -2.43. The van der Waals surface area contributed by atoms with Crippen LogP contribution in [0.1, 0.15) is 0 Å². The van der Waals surface area contributed by atoms with Crippen LogP contribution in [0.15, 0.2) is 53.7 Å². The molecule has 0 radical (unpaired) electrons. The Morgan fingerprint density at radius 2 is 1.59 bits per heavy atom. The Balaban J connectivity index is 2.23. The molecule has 0 spiro atoms. The van der Waals surface area contributed by atoms with Gasteiger partial charge in [0.25, 0.3) is 0 Å². The molecule has 6 nitrogen and oxygen atoms in total. The molecule has 22 heavy (non-hydrogen) atoms. The first-order chi connectivity index (χ1) is 10.7. The monoisotopic (exact) mass is 314 g/mol. The van der Waals surface area contributed by atoms with E-state index in [-0.39, 0.29) is 5.16 Å². The van der Waals surface area contributed by atoms with Crippen LogP contribution in [0.25, 0.3) is 11.4 Å². The number of methoxy groups -OCH3 is 2. The van der Waals surface area contributed by atoms with Crippen molar-refractivity contribution in [2.24, 2.45) is 0 Å². The fourth-order valence-corrected chi connectivity index (χ4v) is 2.32. The number of para-hydroxylation sites is 4. The molecule has 0 saturated carbocycles. The lowest BCUT2D eigenvalue weighted by atomic mass is 10.3. The molecule has 3 rings (SSSR count). The molecule has 0 aliphatic rings. The van der Waals surface area contributed by atoms with E-state index in [0.29, 0.717) is 11.5 Å². The third kappa shape index (κ3) is 2.46. The van der Waals surface area contributed by atoms with Gasteiger partial charge >= 0.3 is 0 Å². The predicted molar refractivity (Wildman–Crippen MR) is 81.6 cm³/mol. The standard InChI is InChI=1S/C15H14N4O2S/c1-20-13-9-5-3-7-11(13)18-16-15(22)17-19(18)12-8-4-6-10-14(12)21-2/h3-10H,1-2H3. The second kappa shape index (κ2) is 5.98. The van der Waals surface area contributed by atoms with Crippen molar-refractivity contribution < 1.29 is 14.3 Å². The molecule has 0 fully saturated rings. The van der Waals surface area contributed by atoms with Crippen molar-refractivity contribution in [1.29, 1.82) is 0 Å². The summed E-state index contributed by atoms with van der Waals surface area (Å²) in [6.45, 7) is 0. The second-order valence-corrected chi connectivity index (χ2v) is 4.77. The molecule has 0 aliphatic carbocycles. The Hall–Kier alpha value is -2.67. The summed E-state index contributed by atoms with van der Waals surface area (Å²) in [4.78, 5) is 3.19. The Morgan fingerprint density at radius 1 is 0.955 bits per heavy atom. The zero-order valence-electron chi connectivity index (χ0n) is 12.1. The topological polar surface area (TPSA) is 53.0 Å². The van der Waals surface area contributed by atoms with E-state index < -0.39 is 0 Å². The maximum absolute atomic E-state index is 5.39. The summed E-state index contributed by atoms with van der Waals surface area (Å²) < 4.78 is 10.8. The number of ether oxygens (including phenoxy) is 2. The number of tetrazole rings is 1. The fourth-order valence-electron chi connectivity index (χ4n) is 2.17. The minimum Gasteiger partial charge on any atom is -0.706 e. The molecule has 112 valence electrons. The van der Waals surface area contributed by atoms with E-state index in [0.717, 1.165) is 11.4 Å². The number of benzene rings is 2. The average Bonchev–Trinajstić information content (AvgIpc) is 2.96.